The molecule has 1 unspecified atom stereocenters. The van der Waals surface area contributed by atoms with Crippen LogP contribution in [0.1, 0.15) is 33.0 Å². The van der Waals surface area contributed by atoms with Gasteiger partial charge in [-0.3, -0.25) is 0 Å². The minimum absolute atomic E-state index is 0.656. The number of likely N-dealkylation sites (tertiary alicyclic amines) is 1. The fourth-order valence-electron chi connectivity index (χ4n) is 3.21. The summed E-state index contributed by atoms with van der Waals surface area (Å²) in [5, 5.41) is 0. The Balaban J connectivity index is 1.84. The van der Waals surface area contributed by atoms with E-state index in [2.05, 4.69) is 41.3 Å². The third-order valence-corrected chi connectivity index (χ3v) is 4.39. The molecule has 3 heterocycles. The average Bonchev–Trinajstić information content (AvgIpc) is 3.04. The second kappa shape index (κ2) is 5.52. The summed E-state index contributed by atoms with van der Waals surface area (Å²) in [6.07, 6.45) is 4.12. The molecule has 1 aliphatic rings. The molecule has 0 N–H and O–H groups in total. The van der Waals surface area contributed by atoms with Crippen LogP contribution in [0.15, 0.2) is 18.3 Å². The first-order valence-corrected chi connectivity index (χ1v) is 7.73. The minimum Gasteiger partial charge on any atom is -0.312 e. The van der Waals surface area contributed by atoms with Crippen LogP contribution in [0.2, 0.25) is 0 Å². The Hall–Kier alpha value is -1.42. The predicted octanol–water partition coefficient (Wildman–Crippen LogP) is 2.72. The van der Waals surface area contributed by atoms with Crippen LogP contribution in [0.3, 0.4) is 0 Å². The monoisotopic (exact) mass is 272 g/mol. The molecule has 2 aromatic rings. The van der Waals surface area contributed by atoms with Crippen LogP contribution in [0.25, 0.3) is 11.2 Å². The normalized spacial score (nSPS) is 20.3. The van der Waals surface area contributed by atoms with Crippen LogP contribution in [-0.2, 0) is 13.0 Å². The maximum atomic E-state index is 4.71. The van der Waals surface area contributed by atoms with Gasteiger partial charge in [-0.1, -0.05) is 6.92 Å². The SMILES string of the molecule is CCc1nc2cccnc2n1CC1CCN(C(C)C)C1. The first-order valence-electron chi connectivity index (χ1n) is 7.73. The molecule has 20 heavy (non-hydrogen) atoms. The van der Waals surface area contributed by atoms with Crippen molar-refractivity contribution in [2.24, 2.45) is 5.92 Å². The Labute approximate surface area is 120 Å². The molecule has 1 aliphatic heterocycles. The maximum absolute atomic E-state index is 4.71. The lowest BCUT2D eigenvalue weighted by atomic mass is 10.1. The summed E-state index contributed by atoms with van der Waals surface area (Å²) in [5.74, 6) is 1.89. The van der Waals surface area contributed by atoms with Crippen LogP contribution >= 0.6 is 0 Å². The molecule has 3 rings (SSSR count). The van der Waals surface area contributed by atoms with Crippen LogP contribution in [0.5, 0.6) is 0 Å². The van der Waals surface area contributed by atoms with E-state index < -0.39 is 0 Å². The Morgan fingerprint density at radius 3 is 2.95 bits per heavy atom. The van der Waals surface area contributed by atoms with Gasteiger partial charge in [0.2, 0.25) is 0 Å². The molecule has 108 valence electrons. The Kier molecular flexibility index (Phi) is 3.74. The van der Waals surface area contributed by atoms with Crippen molar-refractivity contribution in [1.82, 2.24) is 19.4 Å². The number of pyridine rings is 1. The fraction of sp³-hybridized carbons (Fsp3) is 0.625. The summed E-state index contributed by atoms with van der Waals surface area (Å²) in [5.41, 5.74) is 2.08. The lowest BCUT2D eigenvalue weighted by molar-refractivity contribution is 0.260. The first kappa shape index (κ1) is 13.6. The smallest absolute Gasteiger partial charge is 0.159 e. The molecule has 0 saturated carbocycles. The summed E-state index contributed by atoms with van der Waals surface area (Å²) in [6.45, 7) is 10.2. The summed E-state index contributed by atoms with van der Waals surface area (Å²) in [7, 11) is 0. The summed E-state index contributed by atoms with van der Waals surface area (Å²) in [4.78, 5) is 11.8. The number of hydrogen-bond donors (Lipinski definition) is 0. The average molecular weight is 272 g/mol. The highest BCUT2D eigenvalue weighted by Crippen LogP contribution is 2.23. The third-order valence-electron chi connectivity index (χ3n) is 4.39. The number of aromatic nitrogens is 3. The van der Waals surface area contributed by atoms with Crippen molar-refractivity contribution >= 4 is 11.2 Å². The van der Waals surface area contributed by atoms with Gasteiger partial charge in [-0.2, -0.15) is 0 Å². The van der Waals surface area contributed by atoms with Crippen LogP contribution < -0.4 is 0 Å². The van der Waals surface area contributed by atoms with Crippen molar-refractivity contribution < 1.29 is 0 Å². The van der Waals surface area contributed by atoms with Gasteiger partial charge in [-0.05, 0) is 44.9 Å². The second-order valence-electron chi connectivity index (χ2n) is 6.08. The van der Waals surface area contributed by atoms with Gasteiger partial charge in [0.05, 0.1) is 0 Å². The zero-order valence-electron chi connectivity index (χ0n) is 12.7. The van der Waals surface area contributed by atoms with Crippen molar-refractivity contribution in [3.05, 3.63) is 24.2 Å². The molecule has 0 aromatic carbocycles. The molecule has 1 saturated heterocycles. The minimum atomic E-state index is 0.656. The number of rotatable bonds is 4. The first-order chi connectivity index (χ1) is 9.69. The van der Waals surface area contributed by atoms with E-state index in [-0.39, 0.29) is 0 Å². The van der Waals surface area contributed by atoms with Gasteiger partial charge in [-0.15, -0.1) is 0 Å². The number of hydrogen-bond acceptors (Lipinski definition) is 3. The van der Waals surface area contributed by atoms with E-state index in [1.165, 1.54) is 25.3 Å². The van der Waals surface area contributed by atoms with Crippen molar-refractivity contribution in [2.75, 3.05) is 13.1 Å². The molecule has 1 fully saturated rings. The molecule has 1 atom stereocenters. The number of imidazole rings is 1. The van der Waals surface area contributed by atoms with Gasteiger partial charge in [0, 0.05) is 31.7 Å². The lowest BCUT2D eigenvalue weighted by Crippen LogP contribution is -2.28. The Morgan fingerprint density at radius 1 is 1.40 bits per heavy atom. The van der Waals surface area contributed by atoms with Crippen molar-refractivity contribution in [3.63, 3.8) is 0 Å². The highest BCUT2D eigenvalue weighted by molar-refractivity contribution is 5.71. The molecular formula is C16H24N4. The van der Waals surface area contributed by atoms with E-state index in [0.717, 1.165) is 30.0 Å². The zero-order chi connectivity index (χ0) is 14.1. The Morgan fingerprint density at radius 2 is 2.25 bits per heavy atom. The van der Waals surface area contributed by atoms with E-state index in [0.29, 0.717) is 6.04 Å². The molecule has 4 nitrogen and oxygen atoms in total. The zero-order valence-corrected chi connectivity index (χ0v) is 12.7. The van der Waals surface area contributed by atoms with Crippen LogP contribution in [0.4, 0.5) is 0 Å². The lowest BCUT2D eigenvalue weighted by Gasteiger charge is -2.20. The van der Waals surface area contributed by atoms with Crippen molar-refractivity contribution in [1.29, 1.82) is 0 Å². The molecule has 0 amide bonds. The van der Waals surface area contributed by atoms with E-state index in [9.17, 15) is 0 Å². The fourth-order valence-corrected chi connectivity index (χ4v) is 3.21. The molecule has 2 aromatic heterocycles. The van der Waals surface area contributed by atoms with Gasteiger partial charge >= 0.3 is 0 Å². The van der Waals surface area contributed by atoms with Crippen LogP contribution in [-0.4, -0.2) is 38.6 Å². The summed E-state index contributed by atoms with van der Waals surface area (Å²) >= 11 is 0. The highest BCUT2D eigenvalue weighted by atomic mass is 15.2. The third kappa shape index (κ3) is 2.44. The van der Waals surface area contributed by atoms with Crippen molar-refractivity contribution in [2.45, 2.75) is 46.2 Å². The molecule has 0 aliphatic carbocycles. The predicted molar refractivity (Wildman–Crippen MR) is 81.7 cm³/mol. The summed E-state index contributed by atoms with van der Waals surface area (Å²) in [6, 6.07) is 4.69. The van der Waals surface area contributed by atoms with E-state index in [4.69, 9.17) is 4.98 Å². The molecule has 0 radical (unpaired) electrons. The van der Waals surface area contributed by atoms with E-state index >= 15 is 0 Å². The van der Waals surface area contributed by atoms with E-state index in [1.54, 1.807) is 0 Å². The standard InChI is InChI=1S/C16H24N4/c1-4-15-18-14-6-5-8-17-16(14)20(15)11-13-7-9-19(10-13)12(2)3/h5-6,8,12-13H,4,7,9-11H2,1-3H3. The maximum Gasteiger partial charge on any atom is 0.159 e. The highest BCUT2D eigenvalue weighted by Gasteiger charge is 2.25. The van der Waals surface area contributed by atoms with Crippen molar-refractivity contribution in [3.8, 4) is 0 Å². The van der Waals surface area contributed by atoms with Gasteiger partial charge in [0.15, 0.2) is 5.65 Å². The Bertz CT molecular complexity index is 587. The largest absolute Gasteiger partial charge is 0.312 e. The van der Waals surface area contributed by atoms with Gasteiger partial charge < -0.3 is 9.47 Å². The number of nitrogens with zero attached hydrogens (tertiary/aromatic N) is 4. The van der Waals surface area contributed by atoms with Gasteiger partial charge in [0.25, 0.3) is 0 Å². The quantitative estimate of drug-likeness (QED) is 0.858. The van der Waals surface area contributed by atoms with Gasteiger partial charge in [0.1, 0.15) is 11.3 Å². The number of aryl methyl sites for hydroxylation is 1. The van der Waals surface area contributed by atoms with Gasteiger partial charge in [-0.25, -0.2) is 9.97 Å². The molecule has 0 spiro atoms. The molecule has 4 heteroatoms. The molecule has 0 bridgehead atoms. The topological polar surface area (TPSA) is 34.0 Å². The second-order valence-corrected chi connectivity index (χ2v) is 6.08. The molecular weight excluding hydrogens is 248 g/mol. The summed E-state index contributed by atoms with van der Waals surface area (Å²) < 4.78 is 2.34. The number of fused-ring (bicyclic) bond motifs is 1. The van der Waals surface area contributed by atoms with E-state index in [1.807, 2.05) is 12.3 Å². The van der Waals surface area contributed by atoms with Crippen LogP contribution in [0, 0.1) is 5.92 Å².